The van der Waals surface area contributed by atoms with Crippen molar-refractivity contribution in [1.82, 2.24) is 0 Å². The number of carbonyl (C=O) groups excluding carboxylic acids is 1. The molecule has 4 nitrogen and oxygen atoms in total. The smallest absolute Gasteiger partial charge is 0.242 e. The van der Waals surface area contributed by atoms with Crippen LogP contribution in [0.4, 0.5) is 5.69 Å². The predicted octanol–water partition coefficient (Wildman–Crippen LogP) is 2.26. The lowest BCUT2D eigenvalue weighted by Crippen LogP contribution is -2.35. The Kier molecular flexibility index (Phi) is 4.80. The molecule has 0 unspecified atom stereocenters. The third-order valence-electron chi connectivity index (χ3n) is 2.08. The van der Waals surface area contributed by atoms with E-state index < -0.39 is 15.3 Å². The topological polar surface area (TPSA) is 54.5 Å². The van der Waals surface area contributed by atoms with Gasteiger partial charge in [0, 0.05) is 5.02 Å². The van der Waals surface area contributed by atoms with Gasteiger partial charge < -0.3 is 0 Å². The Morgan fingerprint density at radius 1 is 1.29 bits per heavy atom. The highest BCUT2D eigenvalue weighted by Gasteiger charge is 2.22. The van der Waals surface area contributed by atoms with Gasteiger partial charge in [0.15, 0.2) is 0 Å². The van der Waals surface area contributed by atoms with Gasteiger partial charge in [-0.25, -0.2) is 8.42 Å². The lowest BCUT2D eigenvalue weighted by Gasteiger charge is -2.21. The summed E-state index contributed by atoms with van der Waals surface area (Å²) in [6.45, 7) is 1.11. The fourth-order valence-corrected chi connectivity index (χ4v) is 2.61. The molecule has 1 aromatic rings. The molecule has 1 rings (SSSR count). The van der Waals surface area contributed by atoms with Crippen molar-refractivity contribution in [3.8, 4) is 0 Å². The quantitative estimate of drug-likeness (QED) is 0.783. The maximum absolute atomic E-state index is 11.8. The number of halogens is 2. The zero-order chi connectivity index (χ0) is 13.1. The number of rotatable bonds is 5. The van der Waals surface area contributed by atoms with Crippen LogP contribution in [0.2, 0.25) is 5.02 Å². The fourth-order valence-electron chi connectivity index (χ4n) is 1.23. The molecule has 0 aliphatic carbocycles. The Labute approximate surface area is 110 Å². The molecule has 0 saturated heterocycles. The second kappa shape index (κ2) is 5.71. The molecule has 0 aromatic heterocycles. The van der Waals surface area contributed by atoms with Crippen molar-refractivity contribution in [2.45, 2.75) is 6.92 Å². The van der Waals surface area contributed by atoms with Crippen molar-refractivity contribution >= 4 is 44.2 Å². The molecule has 1 aromatic carbocycles. The van der Waals surface area contributed by atoms with Gasteiger partial charge in [0.05, 0.1) is 11.4 Å². The van der Waals surface area contributed by atoms with E-state index in [1.165, 1.54) is 19.1 Å². The maximum atomic E-state index is 11.8. The normalized spacial score (nSPS) is 11.2. The first-order valence-electron chi connectivity index (χ1n) is 4.81. The van der Waals surface area contributed by atoms with Crippen LogP contribution in [0.1, 0.15) is 6.92 Å². The van der Waals surface area contributed by atoms with Crippen LogP contribution in [0, 0.1) is 0 Å². The van der Waals surface area contributed by atoms with Crippen LogP contribution < -0.4 is 4.31 Å². The number of sulfonamides is 1. The van der Waals surface area contributed by atoms with E-state index in [2.05, 4.69) is 0 Å². The molecule has 7 heteroatoms. The molecule has 94 valence electrons. The first kappa shape index (κ1) is 14.3. The summed E-state index contributed by atoms with van der Waals surface area (Å²) in [4.78, 5) is 10.9. The summed E-state index contributed by atoms with van der Waals surface area (Å²) < 4.78 is 24.6. The minimum atomic E-state index is -3.54. The van der Waals surface area contributed by atoms with E-state index in [1.807, 2.05) is 0 Å². The molecule has 0 aliphatic rings. The van der Waals surface area contributed by atoms with Gasteiger partial charge in [-0.3, -0.25) is 9.10 Å². The van der Waals surface area contributed by atoms with Crippen molar-refractivity contribution in [3.63, 3.8) is 0 Å². The molecule has 0 atom stereocenters. The first-order valence-corrected chi connectivity index (χ1v) is 7.17. The van der Waals surface area contributed by atoms with Crippen LogP contribution in [0.3, 0.4) is 0 Å². The van der Waals surface area contributed by atoms with Gasteiger partial charge >= 0.3 is 0 Å². The Bertz CT molecular complexity index is 499. The van der Waals surface area contributed by atoms with Gasteiger partial charge in [0.1, 0.15) is 6.54 Å². The van der Waals surface area contributed by atoms with Gasteiger partial charge in [-0.1, -0.05) is 11.6 Å². The van der Waals surface area contributed by atoms with Crippen molar-refractivity contribution in [2.24, 2.45) is 0 Å². The summed E-state index contributed by atoms with van der Waals surface area (Å²) in [6.07, 6.45) is 0. The van der Waals surface area contributed by atoms with E-state index in [-0.39, 0.29) is 12.3 Å². The van der Waals surface area contributed by atoms with Crippen molar-refractivity contribution < 1.29 is 13.2 Å². The summed E-state index contributed by atoms with van der Waals surface area (Å²) in [5.41, 5.74) is 0.366. The van der Waals surface area contributed by atoms with Crippen LogP contribution in [-0.2, 0) is 14.8 Å². The van der Waals surface area contributed by atoms with E-state index in [4.69, 9.17) is 23.2 Å². The van der Waals surface area contributed by atoms with Crippen molar-refractivity contribution in [2.75, 3.05) is 16.6 Å². The molecule has 17 heavy (non-hydrogen) atoms. The van der Waals surface area contributed by atoms with Crippen LogP contribution in [0.5, 0.6) is 0 Å². The molecular weight excluding hydrogens is 285 g/mol. The highest BCUT2D eigenvalue weighted by molar-refractivity contribution is 7.92. The molecule has 0 N–H and O–H groups in total. The molecule has 0 radical (unpaired) electrons. The SMILES string of the molecule is CCS(=O)(=O)N(CC(=O)Cl)c1ccc(Cl)cc1. The summed E-state index contributed by atoms with van der Waals surface area (Å²) in [5.74, 6) is -0.111. The van der Waals surface area contributed by atoms with E-state index >= 15 is 0 Å². The first-order chi connectivity index (χ1) is 7.86. The average molecular weight is 296 g/mol. The molecule has 0 spiro atoms. The lowest BCUT2D eigenvalue weighted by molar-refractivity contribution is -0.110. The number of hydrogen-bond donors (Lipinski definition) is 0. The number of hydrogen-bond acceptors (Lipinski definition) is 3. The minimum absolute atomic E-state index is 0.111. The molecule has 0 aliphatic heterocycles. The van der Waals surface area contributed by atoms with E-state index in [0.29, 0.717) is 10.7 Å². The summed E-state index contributed by atoms with van der Waals surface area (Å²) >= 11 is 11.0. The minimum Gasteiger partial charge on any atom is -0.279 e. The molecular formula is C10H11Cl2NO3S. The zero-order valence-electron chi connectivity index (χ0n) is 9.06. The highest BCUT2D eigenvalue weighted by atomic mass is 35.5. The highest BCUT2D eigenvalue weighted by Crippen LogP contribution is 2.21. The van der Waals surface area contributed by atoms with Crippen LogP contribution in [0.15, 0.2) is 24.3 Å². The van der Waals surface area contributed by atoms with Crippen LogP contribution in [0.25, 0.3) is 0 Å². The second-order valence-electron chi connectivity index (χ2n) is 3.24. The van der Waals surface area contributed by atoms with Crippen molar-refractivity contribution in [1.29, 1.82) is 0 Å². The maximum Gasteiger partial charge on any atom is 0.242 e. The zero-order valence-corrected chi connectivity index (χ0v) is 11.4. The average Bonchev–Trinajstić information content (AvgIpc) is 2.27. The Morgan fingerprint density at radius 2 is 1.82 bits per heavy atom. The van der Waals surface area contributed by atoms with Gasteiger partial charge in [0.25, 0.3) is 0 Å². The van der Waals surface area contributed by atoms with E-state index in [1.54, 1.807) is 12.1 Å². The predicted molar refractivity (Wildman–Crippen MR) is 69.1 cm³/mol. The molecule has 0 heterocycles. The van der Waals surface area contributed by atoms with Gasteiger partial charge in [-0.15, -0.1) is 0 Å². The largest absolute Gasteiger partial charge is 0.279 e. The molecule has 0 bridgehead atoms. The number of benzene rings is 1. The summed E-state index contributed by atoms with van der Waals surface area (Å²) in [5, 5.41) is -0.253. The Hall–Kier alpha value is -0.780. The third kappa shape index (κ3) is 3.87. The fraction of sp³-hybridized carbons (Fsp3) is 0.300. The van der Waals surface area contributed by atoms with Gasteiger partial charge in [-0.05, 0) is 42.8 Å². The van der Waals surface area contributed by atoms with E-state index in [0.717, 1.165) is 4.31 Å². The summed E-state index contributed by atoms with van der Waals surface area (Å²) in [6, 6.07) is 6.15. The number of nitrogens with zero attached hydrogens (tertiary/aromatic N) is 1. The van der Waals surface area contributed by atoms with E-state index in [9.17, 15) is 13.2 Å². The lowest BCUT2D eigenvalue weighted by atomic mass is 10.3. The molecule has 0 amide bonds. The third-order valence-corrected chi connectivity index (χ3v) is 4.20. The summed E-state index contributed by atoms with van der Waals surface area (Å²) in [7, 11) is -3.54. The Morgan fingerprint density at radius 3 is 2.24 bits per heavy atom. The Balaban J connectivity index is 3.15. The van der Waals surface area contributed by atoms with Crippen LogP contribution in [-0.4, -0.2) is 26.0 Å². The van der Waals surface area contributed by atoms with Crippen LogP contribution >= 0.6 is 23.2 Å². The molecule has 0 fully saturated rings. The second-order valence-corrected chi connectivity index (χ2v) is 6.28. The van der Waals surface area contributed by atoms with Crippen molar-refractivity contribution in [3.05, 3.63) is 29.3 Å². The monoisotopic (exact) mass is 295 g/mol. The number of carbonyl (C=O) groups is 1. The standard InChI is InChI=1S/C10H11Cl2NO3S/c1-2-17(15,16)13(7-10(12)14)9-5-3-8(11)4-6-9/h3-6H,2,7H2,1H3. The molecule has 0 saturated carbocycles. The number of anilines is 1. The van der Waals surface area contributed by atoms with Gasteiger partial charge in [0.2, 0.25) is 15.3 Å². The van der Waals surface area contributed by atoms with Gasteiger partial charge in [-0.2, -0.15) is 0 Å².